The van der Waals surface area contributed by atoms with Crippen LogP contribution in [-0.4, -0.2) is 41.1 Å². The van der Waals surface area contributed by atoms with Crippen molar-refractivity contribution in [2.24, 2.45) is 5.41 Å². The number of hydrogen-bond donors (Lipinski definition) is 1. The number of hydrogen-bond acceptors (Lipinski definition) is 2. The zero-order chi connectivity index (χ0) is 13.5. The van der Waals surface area contributed by atoms with Gasteiger partial charge in [0.05, 0.1) is 5.60 Å². The summed E-state index contributed by atoms with van der Waals surface area (Å²) in [5.74, 6) is 0. The molecular formula is C14H30BrNO. The molecule has 0 bridgehead atoms. The van der Waals surface area contributed by atoms with E-state index in [9.17, 15) is 5.11 Å². The molecule has 1 N–H and O–H groups in total. The van der Waals surface area contributed by atoms with Crippen LogP contribution in [-0.2, 0) is 0 Å². The van der Waals surface area contributed by atoms with Crippen molar-refractivity contribution in [3.63, 3.8) is 0 Å². The highest BCUT2D eigenvalue weighted by molar-refractivity contribution is 9.09. The van der Waals surface area contributed by atoms with Crippen molar-refractivity contribution in [3.8, 4) is 0 Å². The Balaban J connectivity index is 4.50. The van der Waals surface area contributed by atoms with Crippen LogP contribution in [0.5, 0.6) is 0 Å². The molecule has 0 aromatic carbocycles. The first-order valence-electron chi connectivity index (χ1n) is 6.75. The van der Waals surface area contributed by atoms with Crippen LogP contribution >= 0.6 is 15.9 Å². The SMILES string of the molecule is CCCC(CBr)(CCC)CN(C)CC(C)(C)O. The summed E-state index contributed by atoms with van der Waals surface area (Å²) in [6, 6.07) is 0. The van der Waals surface area contributed by atoms with Gasteiger partial charge in [-0.1, -0.05) is 42.6 Å². The molecule has 0 aliphatic carbocycles. The standard InChI is InChI=1S/C14H30BrNO/c1-6-8-14(10-15,9-7-2)12-16(5)11-13(3,4)17/h17H,6-12H2,1-5H3. The summed E-state index contributed by atoms with van der Waals surface area (Å²) < 4.78 is 0. The van der Waals surface area contributed by atoms with E-state index in [4.69, 9.17) is 0 Å². The average molecular weight is 308 g/mol. The van der Waals surface area contributed by atoms with E-state index in [0.29, 0.717) is 5.41 Å². The van der Waals surface area contributed by atoms with Crippen LogP contribution < -0.4 is 0 Å². The Kier molecular flexibility index (Phi) is 7.93. The Labute approximate surface area is 116 Å². The van der Waals surface area contributed by atoms with E-state index < -0.39 is 5.60 Å². The summed E-state index contributed by atoms with van der Waals surface area (Å²) in [6.07, 6.45) is 4.95. The Bertz CT molecular complexity index is 195. The van der Waals surface area contributed by atoms with Gasteiger partial charge in [-0.25, -0.2) is 0 Å². The Hall–Kier alpha value is 0.400. The Morgan fingerprint density at radius 1 is 1.06 bits per heavy atom. The minimum Gasteiger partial charge on any atom is -0.389 e. The average Bonchev–Trinajstić information content (AvgIpc) is 2.15. The maximum atomic E-state index is 9.86. The molecule has 0 saturated heterocycles. The van der Waals surface area contributed by atoms with Gasteiger partial charge in [-0.05, 0) is 39.2 Å². The van der Waals surface area contributed by atoms with Gasteiger partial charge >= 0.3 is 0 Å². The van der Waals surface area contributed by atoms with Crippen molar-refractivity contribution in [1.82, 2.24) is 4.90 Å². The minimum atomic E-state index is -0.606. The Morgan fingerprint density at radius 3 is 1.82 bits per heavy atom. The van der Waals surface area contributed by atoms with Crippen LogP contribution in [0.2, 0.25) is 0 Å². The first-order chi connectivity index (χ1) is 7.78. The lowest BCUT2D eigenvalue weighted by molar-refractivity contribution is 0.0304. The minimum absolute atomic E-state index is 0.365. The highest BCUT2D eigenvalue weighted by Gasteiger charge is 2.30. The lowest BCUT2D eigenvalue weighted by Gasteiger charge is -2.37. The van der Waals surface area contributed by atoms with Crippen LogP contribution in [0.3, 0.4) is 0 Å². The van der Waals surface area contributed by atoms with Gasteiger partial charge in [-0.2, -0.15) is 0 Å². The number of halogens is 1. The second kappa shape index (κ2) is 7.75. The van der Waals surface area contributed by atoms with E-state index >= 15 is 0 Å². The first-order valence-corrected chi connectivity index (χ1v) is 7.87. The lowest BCUT2D eigenvalue weighted by Crippen LogP contribution is -2.43. The van der Waals surface area contributed by atoms with Gasteiger partial charge in [0.25, 0.3) is 0 Å². The molecule has 0 fully saturated rings. The van der Waals surface area contributed by atoms with Crippen LogP contribution in [0, 0.1) is 5.41 Å². The Morgan fingerprint density at radius 2 is 1.53 bits per heavy atom. The maximum absolute atomic E-state index is 9.86. The summed E-state index contributed by atoms with van der Waals surface area (Å²) in [6.45, 7) is 10.0. The maximum Gasteiger partial charge on any atom is 0.0718 e. The molecule has 0 unspecified atom stereocenters. The predicted molar refractivity (Wildman–Crippen MR) is 79.8 cm³/mol. The molecule has 0 aliphatic heterocycles. The van der Waals surface area contributed by atoms with Gasteiger partial charge in [0, 0.05) is 18.4 Å². The van der Waals surface area contributed by atoms with Crippen LogP contribution in [0.4, 0.5) is 0 Å². The molecule has 0 spiro atoms. The molecule has 0 aromatic heterocycles. The van der Waals surface area contributed by atoms with E-state index in [1.54, 1.807) is 0 Å². The predicted octanol–water partition coefficient (Wildman–Crippen LogP) is 3.67. The molecule has 0 saturated carbocycles. The summed E-state index contributed by atoms with van der Waals surface area (Å²) in [7, 11) is 2.11. The normalized spacial score (nSPS) is 13.4. The molecule has 3 heteroatoms. The highest BCUT2D eigenvalue weighted by atomic mass is 79.9. The third-order valence-electron chi connectivity index (χ3n) is 3.11. The second-order valence-corrected chi connectivity index (χ2v) is 6.68. The summed E-state index contributed by atoms with van der Waals surface area (Å²) in [5.41, 5.74) is -0.241. The number of alkyl halides is 1. The van der Waals surface area contributed by atoms with Crippen molar-refractivity contribution in [1.29, 1.82) is 0 Å². The van der Waals surface area contributed by atoms with E-state index in [-0.39, 0.29) is 0 Å². The van der Waals surface area contributed by atoms with Crippen LogP contribution in [0.1, 0.15) is 53.4 Å². The molecule has 0 aromatic rings. The van der Waals surface area contributed by atoms with Crippen molar-refractivity contribution in [2.45, 2.75) is 59.0 Å². The van der Waals surface area contributed by atoms with Gasteiger partial charge < -0.3 is 10.0 Å². The lowest BCUT2D eigenvalue weighted by atomic mass is 9.80. The highest BCUT2D eigenvalue weighted by Crippen LogP contribution is 2.33. The summed E-state index contributed by atoms with van der Waals surface area (Å²) >= 11 is 3.69. The fraction of sp³-hybridized carbons (Fsp3) is 1.00. The number of aliphatic hydroxyl groups is 1. The van der Waals surface area contributed by atoms with Crippen molar-refractivity contribution in [3.05, 3.63) is 0 Å². The second-order valence-electron chi connectivity index (χ2n) is 6.12. The molecule has 0 aliphatic rings. The molecule has 0 heterocycles. The zero-order valence-corrected chi connectivity index (χ0v) is 13.8. The van der Waals surface area contributed by atoms with E-state index in [1.807, 2.05) is 13.8 Å². The van der Waals surface area contributed by atoms with Crippen LogP contribution in [0.25, 0.3) is 0 Å². The third kappa shape index (κ3) is 7.43. The molecule has 17 heavy (non-hydrogen) atoms. The number of nitrogens with zero attached hydrogens (tertiary/aromatic N) is 1. The fourth-order valence-electron chi connectivity index (χ4n) is 2.81. The smallest absolute Gasteiger partial charge is 0.0718 e. The largest absolute Gasteiger partial charge is 0.389 e. The molecule has 104 valence electrons. The number of rotatable bonds is 9. The molecule has 0 radical (unpaired) electrons. The van der Waals surface area contributed by atoms with E-state index in [2.05, 4.69) is 41.7 Å². The zero-order valence-electron chi connectivity index (χ0n) is 12.2. The number of likely N-dealkylation sites (N-methyl/N-ethyl adjacent to an activating group) is 1. The monoisotopic (exact) mass is 307 g/mol. The van der Waals surface area contributed by atoms with E-state index in [1.165, 1.54) is 25.7 Å². The molecule has 0 amide bonds. The van der Waals surface area contributed by atoms with Gasteiger partial charge in [0.1, 0.15) is 0 Å². The van der Waals surface area contributed by atoms with Gasteiger partial charge in [-0.15, -0.1) is 0 Å². The molecular weight excluding hydrogens is 278 g/mol. The van der Waals surface area contributed by atoms with Crippen molar-refractivity contribution < 1.29 is 5.11 Å². The summed E-state index contributed by atoms with van der Waals surface area (Å²) in [5, 5.41) is 10.9. The van der Waals surface area contributed by atoms with E-state index in [0.717, 1.165) is 18.4 Å². The topological polar surface area (TPSA) is 23.5 Å². The fourth-order valence-corrected chi connectivity index (χ4v) is 3.55. The van der Waals surface area contributed by atoms with Crippen molar-refractivity contribution >= 4 is 15.9 Å². The quantitative estimate of drug-likeness (QED) is 0.657. The van der Waals surface area contributed by atoms with Gasteiger partial charge in [0.15, 0.2) is 0 Å². The van der Waals surface area contributed by atoms with Crippen LogP contribution in [0.15, 0.2) is 0 Å². The third-order valence-corrected chi connectivity index (χ3v) is 4.30. The van der Waals surface area contributed by atoms with Crippen molar-refractivity contribution in [2.75, 3.05) is 25.5 Å². The first kappa shape index (κ1) is 17.4. The molecule has 0 atom stereocenters. The van der Waals surface area contributed by atoms with Gasteiger partial charge in [0.2, 0.25) is 0 Å². The summed E-state index contributed by atoms with van der Waals surface area (Å²) in [4.78, 5) is 2.27. The van der Waals surface area contributed by atoms with Gasteiger partial charge in [-0.3, -0.25) is 0 Å². The molecule has 0 rings (SSSR count). The molecule has 2 nitrogen and oxygen atoms in total.